The molecule has 3 heterocycles. The standard InChI is InChI=1S/C18H32N4/c1-17(5-16-22-12-4-9-19-22)21-14-7-18(8-15-21)6-13-20-10-2-3-11-20/h4,9,12,17-18H,2-3,5-8,10-11,13-16H2,1H3/t17-/m1/s1. The Labute approximate surface area is 135 Å². The molecular weight excluding hydrogens is 272 g/mol. The Morgan fingerprint density at radius 2 is 1.86 bits per heavy atom. The van der Waals surface area contributed by atoms with Gasteiger partial charge in [0, 0.05) is 25.0 Å². The van der Waals surface area contributed by atoms with Crippen LogP contribution in [-0.2, 0) is 6.54 Å². The zero-order valence-electron chi connectivity index (χ0n) is 14.2. The van der Waals surface area contributed by atoms with E-state index in [-0.39, 0.29) is 0 Å². The van der Waals surface area contributed by atoms with Gasteiger partial charge in [-0.15, -0.1) is 0 Å². The molecular formula is C18H32N4. The summed E-state index contributed by atoms with van der Waals surface area (Å²) in [5.74, 6) is 0.968. The van der Waals surface area contributed by atoms with Gasteiger partial charge in [0.1, 0.15) is 0 Å². The molecule has 2 aliphatic heterocycles. The molecule has 0 N–H and O–H groups in total. The van der Waals surface area contributed by atoms with Crippen molar-refractivity contribution < 1.29 is 0 Å². The minimum atomic E-state index is 0.684. The second-order valence-corrected chi connectivity index (χ2v) is 7.22. The van der Waals surface area contributed by atoms with Crippen LogP contribution in [-0.4, -0.2) is 58.3 Å². The summed E-state index contributed by atoms with van der Waals surface area (Å²) in [6.07, 6.45) is 12.2. The van der Waals surface area contributed by atoms with Crippen LogP contribution in [0.1, 0.15) is 45.4 Å². The molecule has 1 aromatic heterocycles. The van der Waals surface area contributed by atoms with E-state index in [0.717, 1.165) is 12.5 Å². The Hall–Kier alpha value is -0.870. The second-order valence-electron chi connectivity index (χ2n) is 7.22. The van der Waals surface area contributed by atoms with E-state index in [1.165, 1.54) is 71.2 Å². The lowest BCUT2D eigenvalue weighted by Crippen LogP contribution is -2.41. The van der Waals surface area contributed by atoms with Crippen LogP contribution in [0.25, 0.3) is 0 Å². The van der Waals surface area contributed by atoms with E-state index >= 15 is 0 Å². The number of aryl methyl sites for hydroxylation is 1. The maximum atomic E-state index is 4.30. The molecule has 0 saturated carbocycles. The van der Waals surface area contributed by atoms with Gasteiger partial charge in [-0.1, -0.05) is 0 Å². The zero-order valence-corrected chi connectivity index (χ0v) is 14.2. The summed E-state index contributed by atoms with van der Waals surface area (Å²) in [7, 11) is 0. The summed E-state index contributed by atoms with van der Waals surface area (Å²) < 4.78 is 2.05. The van der Waals surface area contributed by atoms with Crippen molar-refractivity contribution in [2.45, 2.75) is 58.0 Å². The first-order valence-corrected chi connectivity index (χ1v) is 9.25. The lowest BCUT2D eigenvalue weighted by Gasteiger charge is -2.36. The lowest BCUT2D eigenvalue weighted by molar-refractivity contribution is 0.123. The number of hydrogen-bond donors (Lipinski definition) is 0. The number of hydrogen-bond acceptors (Lipinski definition) is 3. The van der Waals surface area contributed by atoms with Gasteiger partial charge in [-0.25, -0.2) is 0 Å². The zero-order chi connectivity index (χ0) is 15.2. The fourth-order valence-corrected chi connectivity index (χ4v) is 3.99. The van der Waals surface area contributed by atoms with E-state index in [4.69, 9.17) is 0 Å². The maximum absolute atomic E-state index is 4.30. The number of rotatable bonds is 7. The predicted molar refractivity (Wildman–Crippen MR) is 90.9 cm³/mol. The summed E-state index contributed by atoms with van der Waals surface area (Å²) in [6, 6.07) is 2.69. The van der Waals surface area contributed by atoms with Crippen LogP contribution in [0.5, 0.6) is 0 Å². The van der Waals surface area contributed by atoms with Crippen molar-refractivity contribution in [3.8, 4) is 0 Å². The fourth-order valence-electron chi connectivity index (χ4n) is 3.99. The SMILES string of the molecule is C[C@H](CCn1cccn1)N1CCC(CCN2CCCC2)CC1. The van der Waals surface area contributed by atoms with E-state index < -0.39 is 0 Å². The fraction of sp³-hybridized carbons (Fsp3) is 0.833. The van der Waals surface area contributed by atoms with Gasteiger partial charge in [0.2, 0.25) is 0 Å². The molecule has 0 aliphatic carbocycles. The molecule has 0 aromatic carbocycles. The lowest BCUT2D eigenvalue weighted by atomic mass is 9.92. The number of piperidine rings is 1. The summed E-state index contributed by atoms with van der Waals surface area (Å²) in [5, 5.41) is 4.30. The molecule has 1 atom stereocenters. The van der Waals surface area contributed by atoms with Crippen LogP contribution in [0.3, 0.4) is 0 Å². The monoisotopic (exact) mass is 304 g/mol. The highest BCUT2D eigenvalue weighted by atomic mass is 15.3. The van der Waals surface area contributed by atoms with Crippen molar-refractivity contribution in [3.63, 3.8) is 0 Å². The Morgan fingerprint density at radius 3 is 2.55 bits per heavy atom. The molecule has 0 amide bonds. The summed E-state index contributed by atoms with van der Waals surface area (Å²) >= 11 is 0. The molecule has 0 radical (unpaired) electrons. The van der Waals surface area contributed by atoms with Gasteiger partial charge >= 0.3 is 0 Å². The van der Waals surface area contributed by atoms with Crippen LogP contribution in [0.2, 0.25) is 0 Å². The van der Waals surface area contributed by atoms with Gasteiger partial charge in [-0.2, -0.15) is 5.10 Å². The molecule has 1 aromatic rings. The first-order chi connectivity index (χ1) is 10.8. The molecule has 3 rings (SSSR count). The first kappa shape index (κ1) is 16.0. The van der Waals surface area contributed by atoms with Gasteiger partial charge < -0.3 is 9.80 Å². The third-order valence-electron chi connectivity index (χ3n) is 5.66. The second kappa shape index (κ2) is 8.11. The van der Waals surface area contributed by atoms with Crippen molar-refractivity contribution in [2.75, 3.05) is 32.7 Å². The molecule has 2 saturated heterocycles. The van der Waals surface area contributed by atoms with Crippen LogP contribution < -0.4 is 0 Å². The van der Waals surface area contributed by atoms with E-state index in [1.54, 1.807) is 0 Å². The molecule has 124 valence electrons. The molecule has 4 heteroatoms. The van der Waals surface area contributed by atoms with Gasteiger partial charge in [-0.05, 0) is 90.2 Å². The maximum Gasteiger partial charge on any atom is 0.0489 e. The van der Waals surface area contributed by atoms with Gasteiger partial charge in [0.25, 0.3) is 0 Å². The van der Waals surface area contributed by atoms with Crippen molar-refractivity contribution >= 4 is 0 Å². The Kier molecular flexibility index (Phi) is 5.90. The van der Waals surface area contributed by atoms with Crippen molar-refractivity contribution in [3.05, 3.63) is 18.5 Å². The Bertz CT molecular complexity index is 403. The smallest absolute Gasteiger partial charge is 0.0489 e. The number of nitrogens with zero attached hydrogens (tertiary/aromatic N) is 4. The minimum absolute atomic E-state index is 0.684. The van der Waals surface area contributed by atoms with Gasteiger partial charge in [-0.3, -0.25) is 4.68 Å². The first-order valence-electron chi connectivity index (χ1n) is 9.25. The third kappa shape index (κ3) is 4.56. The van der Waals surface area contributed by atoms with Gasteiger partial charge in [0.15, 0.2) is 0 Å². The van der Waals surface area contributed by atoms with Crippen molar-refractivity contribution in [1.29, 1.82) is 0 Å². The highest BCUT2D eigenvalue weighted by Gasteiger charge is 2.23. The summed E-state index contributed by atoms with van der Waals surface area (Å²) in [4.78, 5) is 5.36. The normalized spacial score (nSPS) is 23.1. The average molecular weight is 304 g/mol. The molecule has 2 fully saturated rings. The highest BCUT2D eigenvalue weighted by Crippen LogP contribution is 2.23. The summed E-state index contributed by atoms with van der Waals surface area (Å²) in [6.45, 7) is 10.1. The van der Waals surface area contributed by atoms with Crippen molar-refractivity contribution in [2.24, 2.45) is 5.92 Å². The van der Waals surface area contributed by atoms with Crippen molar-refractivity contribution in [1.82, 2.24) is 19.6 Å². The van der Waals surface area contributed by atoms with E-state index in [2.05, 4.69) is 32.7 Å². The van der Waals surface area contributed by atoms with E-state index in [9.17, 15) is 0 Å². The van der Waals surface area contributed by atoms with E-state index in [1.807, 2.05) is 12.3 Å². The van der Waals surface area contributed by atoms with Crippen LogP contribution in [0.15, 0.2) is 18.5 Å². The van der Waals surface area contributed by atoms with Crippen LogP contribution in [0, 0.1) is 5.92 Å². The third-order valence-corrected chi connectivity index (χ3v) is 5.66. The van der Waals surface area contributed by atoms with Crippen LogP contribution in [0.4, 0.5) is 0 Å². The molecule has 2 aliphatic rings. The molecule has 0 unspecified atom stereocenters. The largest absolute Gasteiger partial charge is 0.303 e. The highest BCUT2D eigenvalue weighted by molar-refractivity contribution is 4.80. The van der Waals surface area contributed by atoms with Crippen LogP contribution >= 0.6 is 0 Å². The molecule has 0 spiro atoms. The van der Waals surface area contributed by atoms with E-state index in [0.29, 0.717) is 6.04 Å². The molecule has 4 nitrogen and oxygen atoms in total. The topological polar surface area (TPSA) is 24.3 Å². The summed E-state index contributed by atoms with van der Waals surface area (Å²) in [5.41, 5.74) is 0. The Morgan fingerprint density at radius 1 is 1.09 bits per heavy atom. The number of aromatic nitrogens is 2. The minimum Gasteiger partial charge on any atom is -0.303 e. The quantitative estimate of drug-likeness (QED) is 0.774. The number of likely N-dealkylation sites (tertiary alicyclic amines) is 2. The average Bonchev–Trinajstić information content (AvgIpc) is 3.24. The Balaban J connectivity index is 1.32. The van der Waals surface area contributed by atoms with Gasteiger partial charge in [0.05, 0.1) is 0 Å². The molecule has 22 heavy (non-hydrogen) atoms. The molecule has 0 bridgehead atoms. The predicted octanol–water partition coefficient (Wildman–Crippen LogP) is 2.86.